The summed E-state index contributed by atoms with van der Waals surface area (Å²) in [5.41, 5.74) is 2.16. The van der Waals surface area contributed by atoms with Crippen molar-refractivity contribution in [2.45, 2.75) is 12.5 Å². The molecule has 1 amide bonds. The quantitative estimate of drug-likeness (QED) is 0.351. The molecule has 0 aromatic heterocycles. The number of benzene rings is 3. The lowest BCUT2D eigenvalue weighted by atomic mass is 9.95. The second kappa shape index (κ2) is 8.98. The number of likely N-dealkylation sites (tertiary alicyclic amines) is 1. The van der Waals surface area contributed by atoms with Crippen molar-refractivity contribution in [2.24, 2.45) is 0 Å². The van der Waals surface area contributed by atoms with E-state index >= 15 is 0 Å². The van der Waals surface area contributed by atoms with E-state index in [1.54, 1.807) is 79.9 Å². The van der Waals surface area contributed by atoms with Gasteiger partial charge in [-0.2, -0.15) is 0 Å². The third kappa shape index (κ3) is 4.07. The van der Waals surface area contributed by atoms with Crippen LogP contribution in [0.2, 0.25) is 0 Å². The Kier molecular flexibility index (Phi) is 5.94. The van der Waals surface area contributed by atoms with E-state index in [9.17, 15) is 19.8 Å². The Balaban J connectivity index is 1.75. The van der Waals surface area contributed by atoms with Gasteiger partial charge in [0.1, 0.15) is 17.3 Å². The molecule has 2 N–H and O–H groups in total. The summed E-state index contributed by atoms with van der Waals surface area (Å²) in [6.45, 7) is 0.275. The van der Waals surface area contributed by atoms with Crippen LogP contribution in [0.15, 0.2) is 84.4 Å². The van der Waals surface area contributed by atoms with Gasteiger partial charge in [0.15, 0.2) is 0 Å². The molecule has 4 rings (SSSR count). The molecule has 1 unspecified atom stereocenters. The van der Waals surface area contributed by atoms with Gasteiger partial charge in [-0.05, 0) is 41.8 Å². The second-order valence-electron chi connectivity index (χ2n) is 7.55. The van der Waals surface area contributed by atoms with Crippen LogP contribution in [0.25, 0.3) is 5.76 Å². The molecule has 0 saturated carbocycles. The maximum atomic E-state index is 13.0. The van der Waals surface area contributed by atoms with Crippen molar-refractivity contribution in [3.05, 3.63) is 101 Å². The number of aliphatic hydroxyl groups is 1. The monoisotopic (exact) mass is 429 g/mol. The Hall–Kier alpha value is -4.06. The summed E-state index contributed by atoms with van der Waals surface area (Å²) in [4.78, 5) is 27.5. The molecule has 1 aliphatic heterocycles. The molecule has 6 heteroatoms. The molecule has 1 fully saturated rings. The molecule has 0 aliphatic carbocycles. The third-order valence-corrected chi connectivity index (χ3v) is 5.60. The van der Waals surface area contributed by atoms with E-state index in [-0.39, 0.29) is 23.6 Å². The van der Waals surface area contributed by atoms with Gasteiger partial charge in [-0.1, -0.05) is 54.6 Å². The molecule has 32 heavy (non-hydrogen) atoms. The highest BCUT2D eigenvalue weighted by Crippen LogP contribution is 2.39. The van der Waals surface area contributed by atoms with E-state index < -0.39 is 17.7 Å². The van der Waals surface area contributed by atoms with Crippen LogP contribution in [-0.4, -0.2) is 40.5 Å². The fraction of sp³-hybridized carbons (Fsp3) is 0.154. The number of amides is 1. The average molecular weight is 429 g/mol. The van der Waals surface area contributed by atoms with Crippen LogP contribution < -0.4 is 4.74 Å². The first-order valence-corrected chi connectivity index (χ1v) is 10.3. The third-order valence-electron chi connectivity index (χ3n) is 5.60. The topological polar surface area (TPSA) is 87.1 Å². The first-order chi connectivity index (χ1) is 15.5. The van der Waals surface area contributed by atoms with Gasteiger partial charge in [-0.3, -0.25) is 9.59 Å². The summed E-state index contributed by atoms with van der Waals surface area (Å²) in [5, 5.41) is 20.5. The second-order valence-corrected chi connectivity index (χ2v) is 7.55. The minimum absolute atomic E-state index is 0.0667. The summed E-state index contributed by atoms with van der Waals surface area (Å²) in [5.74, 6) is -0.745. The molecule has 1 saturated heterocycles. The highest BCUT2D eigenvalue weighted by Gasteiger charge is 2.45. The van der Waals surface area contributed by atoms with E-state index in [2.05, 4.69) is 0 Å². The van der Waals surface area contributed by atoms with Crippen molar-refractivity contribution in [1.29, 1.82) is 0 Å². The Morgan fingerprint density at radius 1 is 0.938 bits per heavy atom. The summed E-state index contributed by atoms with van der Waals surface area (Å²) >= 11 is 0. The highest BCUT2D eigenvalue weighted by atomic mass is 16.5. The molecule has 1 aliphatic rings. The Morgan fingerprint density at radius 3 is 2.22 bits per heavy atom. The lowest BCUT2D eigenvalue weighted by molar-refractivity contribution is -0.139. The number of methoxy groups -OCH3 is 1. The number of ketones is 1. The van der Waals surface area contributed by atoms with Gasteiger partial charge in [0.2, 0.25) is 0 Å². The highest BCUT2D eigenvalue weighted by molar-refractivity contribution is 6.46. The maximum absolute atomic E-state index is 13.0. The number of ether oxygens (including phenoxy) is 1. The lowest BCUT2D eigenvalue weighted by Gasteiger charge is -2.25. The zero-order valence-electron chi connectivity index (χ0n) is 17.6. The van der Waals surface area contributed by atoms with Crippen LogP contribution in [0.1, 0.15) is 22.7 Å². The number of phenols is 1. The number of nitrogens with zero attached hydrogens (tertiary/aromatic N) is 1. The van der Waals surface area contributed by atoms with Gasteiger partial charge in [0.25, 0.3) is 11.7 Å². The molecule has 1 heterocycles. The number of rotatable bonds is 6. The van der Waals surface area contributed by atoms with Crippen LogP contribution in [0, 0.1) is 0 Å². The molecule has 3 aromatic carbocycles. The summed E-state index contributed by atoms with van der Waals surface area (Å²) in [7, 11) is 1.56. The fourth-order valence-electron chi connectivity index (χ4n) is 3.91. The molecule has 162 valence electrons. The molecule has 0 bridgehead atoms. The number of aromatic hydroxyl groups is 1. The van der Waals surface area contributed by atoms with E-state index in [0.29, 0.717) is 23.3 Å². The molecule has 3 aromatic rings. The number of hydrogen-bond acceptors (Lipinski definition) is 5. The van der Waals surface area contributed by atoms with E-state index in [4.69, 9.17) is 4.74 Å². The smallest absolute Gasteiger partial charge is 0.295 e. The zero-order chi connectivity index (χ0) is 22.7. The number of Topliss-reactive ketones (excluding diaryl/α,β-unsaturated/α-hetero) is 1. The molecule has 6 nitrogen and oxygen atoms in total. The maximum Gasteiger partial charge on any atom is 0.295 e. The number of hydrogen-bond donors (Lipinski definition) is 2. The Bertz CT molecular complexity index is 1150. The van der Waals surface area contributed by atoms with Gasteiger partial charge in [0.05, 0.1) is 18.7 Å². The van der Waals surface area contributed by atoms with E-state index in [0.717, 1.165) is 5.56 Å². The summed E-state index contributed by atoms with van der Waals surface area (Å²) in [6.07, 6.45) is 0.491. The van der Waals surface area contributed by atoms with Crippen molar-refractivity contribution in [3.63, 3.8) is 0 Å². The molecule has 0 radical (unpaired) electrons. The van der Waals surface area contributed by atoms with Crippen LogP contribution in [0.5, 0.6) is 11.5 Å². The van der Waals surface area contributed by atoms with E-state index in [1.165, 1.54) is 4.90 Å². The van der Waals surface area contributed by atoms with Crippen LogP contribution in [-0.2, 0) is 16.0 Å². The van der Waals surface area contributed by atoms with Crippen LogP contribution in [0.4, 0.5) is 0 Å². The van der Waals surface area contributed by atoms with Crippen LogP contribution in [0.3, 0.4) is 0 Å². The van der Waals surface area contributed by atoms with Gasteiger partial charge in [-0.25, -0.2) is 0 Å². The Labute approximate surface area is 186 Å². The molecular formula is C26H23NO5. The molecule has 1 atom stereocenters. The zero-order valence-corrected chi connectivity index (χ0v) is 17.6. The predicted octanol–water partition coefficient (Wildman–Crippen LogP) is 4.07. The predicted molar refractivity (Wildman–Crippen MR) is 120 cm³/mol. The number of aliphatic hydroxyl groups excluding tert-OH is 1. The Morgan fingerprint density at radius 2 is 1.59 bits per heavy atom. The van der Waals surface area contributed by atoms with E-state index in [1.807, 2.05) is 6.07 Å². The molecule has 0 spiro atoms. The average Bonchev–Trinajstić information content (AvgIpc) is 3.08. The standard InChI is InChI=1S/C26H23NO5/c1-32-21-13-9-18(10-14-21)23-22(24(29)19-5-3-2-4-6-19)25(30)26(31)27(23)16-15-17-7-11-20(28)12-8-17/h2-14,23,28-29H,15-16H2,1H3/b24-22-. The minimum atomic E-state index is -0.724. The van der Waals surface area contributed by atoms with Crippen molar-refractivity contribution < 1.29 is 24.5 Å². The van der Waals surface area contributed by atoms with Gasteiger partial charge in [-0.15, -0.1) is 0 Å². The number of carbonyl (C=O) groups is 2. The fourth-order valence-corrected chi connectivity index (χ4v) is 3.91. The number of carbonyl (C=O) groups excluding carboxylic acids is 2. The summed E-state index contributed by atoms with van der Waals surface area (Å²) in [6, 6.07) is 21.8. The van der Waals surface area contributed by atoms with Crippen molar-refractivity contribution in [1.82, 2.24) is 4.90 Å². The van der Waals surface area contributed by atoms with Crippen LogP contribution >= 0.6 is 0 Å². The first kappa shape index (κ1) is 21.2. The number of phenolic OH excluding ortho intramolecular Hbond substituents is 1. The SMILES string of the molecule is COc1ccc(C2/C(=C(/O)c3ccccc3)C(=O)C(=O)N2CCc2ccc(O)cc2)cc1. The summed E-state index contributed by atoms with van der Waals surface area (Å²) < 4.78 is 5.23. The minimum Gasteiger partial charge on any atom is -0.508 e. The lowest BCUT2D eigenvalue weighted by Crippen LogP contribution is -2.31. The largest absolute Gasteiger partial charge is 0.508 e. The normalized spacial score (nSPS) is 17.5. The van der Waals surface area contributed by atoms with Crippen molar-refractivity contribution in [3.8, 4) is 11.5 Å². The van der Waals surface area contributed by atoms with Gasteiger partial charge in [0, 0.05) is 12.1 Å². The van der Waals surface area contributed by atoms with Gasteiger partial charge < -0.3 is 19.8 Å². The molecular weight excluding hydrogens is 406 g/mol. The van der Waals surface area contributed by atoms with Crippen molar-refractivity contribution in [2.75, 3.05) is 13.7 Å². The van der Waals surface area contributed by atoms with Crippen molar-refractivity contribution >= 4 is 17.4 Å². The van der Waals surface area contributed by atoms with Gasteiger partial charge >= 0.3 is 0 Å². The first-order valence-electron chi connectivity index (χ1n) is 10.3.